The zero-order chi connectivity index (χ0) is 19.5. The molecule has 0 radical (unpaired) electrons. The predicted octanol–water partition coefficient (Wildman–Crippen LogP) is 3.38. The zero-order valence-electron chi connectivity index (χ0n) is 16.6. The standard InChI is InChI=1S/C20H28N4O3S/c1-14-5-3-8-23(11-14)18(25)13-28-20-22-21-19(17-7-10-26-15(17)2)24(20)12-16-6-4-9-27-16/h7,10,14,16H,3-6,8-9,11-13H2,1-2H3/t14-,16+/m0/s1. The lowest BCUT2D eigenvalue weighted by Gasteiger charge is -2.30. The summed E-state index contributed by atoms with van der Waals surface area (Å²) in [6.45, 7) is 7.37. The Morgan fingerprint density at radius 3 is 2.93 bits per heavy atom. The van der Waals surface area contributed by atoms with E-state index >= 15 is 0 Å². The van der Waals surface area contributed by atoms with Crippen LogP contribution < -0.4 is 0 Å². The molecule has 2 saturated heterocycles. The van der Waals surface area contributed by atoms with E-state index in [0.29, 0.717) is 18.2 Å². The van der Waals surface area contributed by atoms with Crippen molar-refractivity contribution in [2.24, 2.45) is 5.92 Å². The lowest BCUT2D eigenvalue weighted by atomic mass is 10.0. The molecule has 0 unspecified atom stereocenters. The van der Waals surface area contributed by atoms with Crippen molar-refractivity contribution in [3.05, 3.63) is 18.1 Å². The van der Waals surface area contributed by atoms with Crippen LogP contribution in [0, 0.1) is 12.8 Å². The van der Waals surface area contributed by atoms with Gasteiger partial charge >= 0.3 is 0 Å². The molecule has 4 heterocycles. The van der Waals surface area contributed by atoms with Crippen molar-refractivity contribution in [3.8, 4) is 11.4 Å². The Balaban J connectivity index is 1.50. The highest BCUT2D eigenvalue weighted by Crippen LogP contribution is 2.29. The minimum absolute atomic E-state index is 0.167. The van der Waals surface area contributed by atoms with Crippen LogP contribution >= 0.6 is 11.8 Å². The fourth-order valence-corrected chi connectivity index (χ4v) is 4.85. The van der Waals surface area contributed by atoms with Gasteiger partial charge in [0.25, 0.3) is 0 Å². The van der Waals surface area contributed by atoms with Crippen LogP contribution in [0.3, 0.4) is 0 Å². The SMILES string of the molecule is Cc1occc1-c1nnc(SCC(=O)N2CCC[C@H](C)C2)n1C[C@H]1CCCO1. The number of hydrogen-bond donors (Lipinski definition) is 0. The van der Waals surface area contributed by atoms with E-state index in [0.717, 1.165) is 61.3 Å². The maximum Gasteiger partial charge on any atom is 0.233 e. The maximum atomic E-state index is 12.7. The number of likely N-dealkylation sites (tertiary alicyclic amines) is 1. The van der Waals surface area contributed by atoms with E-state index in [1.165, 1.54) is 18.2 Å². The molecule has 8 heteroatoms. The van der Waals surface area contributed by atoms with Crippen LogP contribution in [0.25, 0.3) is 11.4 Å². The Morgan fingerprint density at radius 2 is 2.21 bits per heavy atom. The average Bonchev–Trinajstić information content (AvgIpc) is 3.42. The van der Waals surface area contributed by atoms with E-state index in [1.807, 2.05) is 17.9 Å². The molecule has 4 rings (SSSR count). The molecule has 2 atom stereocenters. The number of amides is 1. The number of aryl methyl sites for hydroxylation is 1. The second kappa shape index (κ2) is 8.69. The third-order valence-electron chi connectivity index (χ3n) is 5.56. The summed E-state index contributed by atoms with van der Waals surface area (Å²) >= 11 is 1.47. The Morgan fingerprint density at radius 1 is 1.32 bits per heavy atom. The Labute approximate surface area is 169 Å². The second-order valence-corrected chi connectivity index (χ2v) is 8.76. The minimum atomic E-state index is 0.167. The Hall–Kier alpha value is -1.80. The first-order valence-electron chi connectivity index (χ1n) is 10.1. The van der Waals surface area contributed by atoms with Crippen molar-refractivity contribution in [2.45, 2.75) is 57.3 Å². The van der Waals surface area contributed by atoms with Crippen LogP contribution in [0.4, 0.5) is 0 Å². The van der Waals surface area contributed by atoms with E-state index < -0.39 is 0 Å². The molecule has 0 N–H and O–H groups in total. The first-order chi connectivity index (χ1) is 13.6. The number of aromatic nitrogens is 3. The molecular weight excluding hydrogens is 376 g/mol. The maximum absolute atomic E-state index is 12.7. The lowest BCUT2D eigenvalue weighted by Crippen LogP contribution is -2.40. The number of nitrogens with zero attached hydrogens (tertiary/aromatic N) is 4. The fourth-order valence-electron chi connectivity index (χ4n) is 4.00. The molecule has 28 heavy (non-hydrogen) atoms. The third-order valence-corrected chi connectivity index (χ3v) is 6.51. The molecule has 7 nitrogen and oxygen atoms in total. The summed E-state index contributed by atoms with van der Waals surface area (Å²) in [6, 6.07) is 1.92. The van der Waals surface area contributed by atoms with Crippen molar-refractivity contribution in [3.63, 3.8) is 0 Å². The fraction of sp³-hybridized carbons (Fsp3) is 0.650. The van der Waals surface area contributed by atoms with Gasteiger partial charge in [-0.3, -0.25) is 9.36 Å². The molecule has 152 valence electrons. The number of thioether (sulfide) groups is 1. The van der Waals surface area contributed by atoms with Gasteiger partial charge in [0.2, 0.25) is 5.91 Å². The second-order valence-electron chi connectivity index (χ2n) is 7.82. The third kappa shape index (κ3) is 4.27. The molecule has 0 saturated carbocycles. The van der Waals surface area contributed by atoms with Crippen molar-refractivity contribution in [1.82, 2.24) is 19.7 Å². The van der Waals surface area contributed by atoms with E-state index in [1.54, 1.807) is 6.26 Å². The molecule has 1 amide bonds. The number of ether oxygens (including phenoxy) is 1. The van der Waals surface area contributed by atoms with Gasteiger partial charge in [0, 0.05) is 19.7 Å². The summed E-state index contributed by atoms with van der Waals surface area (Å²) < 4.78 is 13.4. The monoisotopic (exact) mass is 404 g/mol. The van der Waals surface area contributed by atoms with Crippen LogP contribution in [-0.4, -0.2) is 57.1 Å². The number of carbonyl (C=O) groups excluding carboxylic acids is 1. The average molecular weight is 405 g/mol. The number of piperidine rings is 1. The van der Waals surface area contributed by atoms with Crippen LogP contribution in [0.15, 0.2) is 21.9 Å². The van der Waals surface area contributed by atoms with Crippen LogP contribution in [0.1, 0.15) is 38.4 Å². The summed E-state index contributed by atoms with van der Waals surface area (Å²) in [5.74, 6) is 2.76. The first kappa shape index (κ1) is 19.5. The van der Waals surface area contributed by atoms with Gasteiger partial charge in [-0.1, -0.05) is 18.7 Å². The van der Waals surface area contributed by atoms with Gasteiger partial charge in [-0.15, -0.1) is 10.2 Å². The summed E-state index contributed by atoms with van der Waals surface area (Å²) in [5.41, 5.74) is 0.938. The van der Waals surface area contributed by atoms with Gasteiger partial charge < -0.3 is 14.1 Å². The van der Waals surface area contributed by atoms with E-state index in [2.05, 4.69) is 21.7 Å². The van der Waals surface area contributed by atoms with Crippen LogP contribution in [0.2, 0.25) is 0 Å². The van der Waals surface area contributed by atoms with Crippen molar-refractivity contribution in [1.29, 1.82) is 0 Å². The smallest absolute Gasteiger partial charge is 0.233 e. The predicted molar refractivity (Wildman–Crippen MR) is 107 cm³/mol. The zero-order valence-corrected chi connectivity index (χ0v) is 17.4. The Kier molecular flexibility index (Phi) is 6.06. The summed E-state index contributed by atoms with van der Waals surface area (Å²) in [7, 11) is 0. The molecule has 0 aliphatic carbocycles. The number of rotatable bonds is 6. The van der Waals surface area contributed by atoms with Gasteiger partial charge in [-0.05, 0) is 44.6 Å². The van der Waals surface area contributed by atoms with Crippen molar-refractivity contribution >= 4 is 17.7 Å². The first-order valence-corrected chi connectivity index (χ1v) is 11.1. The molecule has 0 bridgehead atoms. The van der Waals surface area contributed by atoms with E-state index in [4.69, 9.17) is 9.15 Å². The normalized spacial score (nSPS) is 22.7. The highest BCUT2D eigenvalue weighted by molar-refractivity contribution is 7.99. The van der Waals surface area contributed by atoms with Crippen LogP contribution in [0.5, 0.6) is 0 Å². The van der Waals surface area contributed by atoms with Gasteiger partial charge in [0.1, 0.15) is 5.76 Å². The van der Waals surface area contributed by atoms with Crippen LogP contribution in [-0.2, 0) is 16.1 Å². The topological polar surface area (TPSA) is 73.4 Å². The highest BCUT2D eigenvalue weighted by Gasteiger charge is 2.25. The Bertz CT molecular complexity index is 812. The number of hydrogen-bond acceptors (Lipinski definition) is 6. The lowest BCUT2D eigenvalue weighted by molar-refractivity contribution is -0.130. The summed E-state index contributed by atoms with van der Waals surface area (Å²) in [4.78, 5) is 14.7. The molecule has 2 aliphatic rings. The molecule has 2 aliphatic heterocycles. The minimum Gasteiger partial charge on any atom is -0.469 e. The number of carbonyl (C=O) groups is 1. The quantitative estimate of drug-likeness (QED) is 0.687. The molecule has 2 aromatic rings. The van der Waals surface area contributed by atoms with Gasteiger partial charge in [0.05, 0.1) is 30.2 Å². The van der Waals surface area contributed by atoms with Gasteiger partial charge in [0.15, 0.2) is 11.0 Å². The van der Waals surface area contributed by atoms with Gasteiger partial charge in [-0.2, -0.15) is 0 Å². The molecule has 2 aromatic heterocycles. The number of furan rings is 1. The van der Waals surface area contributed by atoms with Crippen molar-refractivity contribution < 1.29 is 13.9 Å². The van der Waals surface area contributed by atoms with E-state index in [9.17, 15) is 4.79 Å². The largest absolute Gasteiger partial charge is 0.469 e. The molecule has 2 fully saturated rings. The van der Waals surface area contributed by atoms with E-state index in [-0.39, 0.29) is 12.0 Å². The summed E-state index contributed by atoms with van der Waals surface area (Å²) in [5, 5.41) is 9.58. The molecular formula is C20H28N4O3S. The molecule has 0 aromatic carbocycles. The summed E-state index contributed by atoms with van der Waals surface area (Å²) in [6.07, 6.45) is 6.26. The van der Waals surface area contributed by atoms with Crippen molar-refractivity contribution in [2.75, 3.05) is 25.4 Å². The molecule has 0 spiro atoms. The highest BCUT2D eigenvalue weighted by atomic mass is 32.2. The van der Waals surface area contributed by atoms with Gasteiger partial charge in [-0.25, -0.2) is 0 Å².